The van der Waals surface area contributed by atoms with Gasteiger partial charge in [-0.05, 0) is 29.5 Å². The van der Waals surface area contributed by atoms with E-state index >= 15 is 0 Å². The Kier molecular flexibility index (Phi) is 7.57. The minimum atomic E-state index is 0.00231. The lowest BCUT2D eigenvalue weighted by atomic mass is 9.87. The monoisotopic (exact) mass is 375 g/mol. The van der Waals surface area contributed by atoms with Crippen molar-refractivity contribution in [1.82, 2.24) is 10.2 Å². The maximum Gasteiger partial charge on any atom is 0.226 e. The van der Waals surface area contributed by atoms with Crippen LogP contribution in [0.15, 0.2) is 24.3 Å². The van der Waals surface area contributed by atoms with Crippen LogP contribution < -0.4 is 10.1 Å². The summed E-state index contributed by atoms with van der Waals surface area (Å²) in [6, 6.07) is 8.11. The SMILES string of the molecule is CCCCCCC(=O)Nc1nnc(COc2ccc(C(C)(C)C)cc2)s1. The van der Waals surface area contributed by atoms with Crippen LogP contribution in [0.25, 0.3) is 0 Å². The largest absolute Gasteiger partial charge is 0.486 e. The maximum absolute atomic E-state index is 11.9. The van der Waals surface area contributed by atoms with Gasteiger partial charge in [-0.2, -0.15) is 0 Å². The van der Waals surface area contributed by atoms with Crippen molar-refractivity contribution in [2.45, 2.75) is 71.8 Å². The number of hydrogen-bond acceptors (Lipinski definition) is 5. The molecule has 6 heteroatoms. The number of nitrogens with zero attached hydrogens (tertiary/aromatic N) is 2. The average molecular weight is 376 g/mol. The van der Waals surface area contributed by atoms with Gasteiger partial charge in [-0.3, -0.25) is 4.79 Å². The zero-order valence-electron chi connectivity index (χ0n) is 16.2. The molecule has 2 aromatic rings. The lowest BCUT2D eigenvalue weighted by Gasteiger charge is -2.19. The number of hydrogen-bond donors (Lipinski definition) is 1. The molecule has 0 atom stereocenters. The Balaban J connectivity index is 1.78. The summed E-state index contributed by atoms with van der Waals surface area (Å²) in [5.74, 6) is 0.803. The Hall–Kier alpha value is -1.95. The molecular weight excluding hydrogens is 346 g/mol. The fourth-order valence-corrected chi connectivity index (χ4v) is 3.12. The van der Waals surface area contributed by atoms with Crippen molar-refractivity contribution in [3.05, 3.63) is 34.8 Å². The number of amides is 1. The summed E-state index contributed by atoms with van der Waals surface area (Å²) in [7, 11) is 0. The molecule has 0 spiro atoms. The lowest BCUT2D eigenvalue weighted by Crippen LogP contribution is -2.10. The molecule has 142 valence electrons. The van der Waals surface area contributed by atoms with Crippen molar-refractivity contribution in [2.75, 3.05) is 5.32 Å². The number of carbonyl (C=O) groups is 1. The van der Waals surface area contributed by atoms with Crippen molar-refractivity contribution >= 4 is 22.4 Å². The van der Waals surface area contributed by atoms with E-state index < -0.39 is 0 Å². The standard InChI is InChI=1S/C20H29N3O2S/c1-5-6-7-8-9-17(24)21-19-23-22-18(26-19)14-25-16-12-10-15(11-13-16)20(2,3)4/h10-13H,5-9,14H2,1-4H3,(H,21,23,24). The van der Waals surface area contributed by atoms with Crippen LogP contribution in [0.2, 0.25) is 0 Å². The van der Waals surface area contributed by atoms with Gasteiger partial charge in [0.25, 0.3) is 0 Å². The molecule has 0 aliphatic heterocycles. The van der Waals surface area contributed by atoms with Crippen molar-refractivity contribution < 1.29 is 9.53 Å². The van der Waals surface area contributed by atoms with Gasteiger partial charge >= 0.3 is 0 Å². The van der Waals surface area contributed by atoms with E-state index in [0.29, 0.717) is 18.2 Å². The molecule has 2 rings (SSSR count). The Morgan fingerprint density at radius 3 is 2.50 bits per heavy atom. The van der Waals surface area contributed by atoms with Crippen LogP contribution in [0.5, 0.6) is 5.75 Å². The molecule has 0 aliphatic carbocycles. The zero-order chi connectivity index (χ0) is 19.0. The molecule has 1 amide bonds. The molecule has 0 bridgehead atoms. The summed E-state index contributed by atoms with van der Waals surface area (Å²) < 4.78 is 5.77. The minimum absolute atomic E-state index is 0.00231. The summed E-state index contributed by atoms with van der Waals surface area (Å²) in [5, 5.41) is 12.2. The minimum Gasteiger partial charge on any atom is -0.486 e. The average Bonchev–Trinajstić information content (AvgIpc) is 3.04. The molecule has 5 nitrogen and oxygen atoms in total. The normalized spacial score (nSPS) is 11.4. The molecule has 0 unspecified atom stereocenters. The quantitative estimate of drug-likeness (QED) is 0.602. The Morgan fingerprint density at radius 1 is 1.12 bits per heavy atom. The third kappa shape index (κ3) is 6.75. The molecule has 26 heavy (non-hydrogen) atoms. The third-order valence-corrected chi connectivity index (χ3v) is 4.87. The molecular formula is C20H29N3O2S. The number of nitrogens with one attached hydrogen (secondary N) is 1. The third-order valence-electron chi connectivity index (χ3n) is 4.05. The summed E-state index contributed by atoms with van der Waals surface area (Å²) in [5.41, 5.74) is 1.39. The fraction of sp³-hybridized carbons (Fsp3) is 0.550. The van der Waals surface area contributed by atoms with E-state index in [9.17, 15) is 4.79 Å². The van der Waals surface area contributed by atoms with Crippen LogP contribution in [0, 0.1) is 0 Å². The lowest BCUT2D eigenvalue weighted by molar-refractivity contribution is -0.116. The highest BCUT2D eigenvalue weighted by atomic mass is 32.1. The maximum atomic E-state index is 11.9. The first-order valence-corrected chi connectivity index (χ1v) is 10.1. The Labute approximate surface area is 160 Å². The number of ether oxygens (including phenoxy) is 1. The highest BCUT2D eigenvalue weighted by molar-refractivity contribution is 7.15. The Morgan fingerprint density at radius 2 is 1.85 bits per heavy atom. The molecule has 0 saturated carbocycles. The van der Waals surface area contributed by atoms with Gasteiger partial charge in [0.1, 0.15) is 12.4 Å². The zero-order valence-corrected chi connectivity index (χ0v) is 17.0. The molecule has 1 heterocycles. The molecule has 1 N–H and O–H groups in total. The van der Waals surface area contributed by atoms with Gasteiger partial charge in [0.2, 0.25) is 11.0 Å². The summed E-state index contributed by atoms with van der Waals surface area (Å²) in [6.07, 6.45) is 4.88. The van der Waals surface area contributed by atoms with Gasteiger partial charge in [-0.25, -0.2) is 0 Å². The van der Waals surface area contributed by atoms with Gasteiger partial charge < -0.3 is 10.1 Å². The first-order valence-electron chi connectivity index (χ1n) is 9.24. The highest BCUT2D eigenvalue weighted by Crippen LogP contribution is 2.25. The van der Waals surface area contributed by atoms with Crippen molar-refractivity contribution in [3.63, 3.8) is 0 Å². The molecule has 0 aliphatic rings. The predicted octanol–water partition coefficient (Wildman–Crippen LogP) is 5.32. The van der Waals surface area contributed by atoms with E-state index in [-0.39, 0.29) is 11.3 Å². The molecule has 0 radical (unpaired) electrons. The number of aromatic nitrogens is 2. The van der Waals surface area contributed by atoms with Gasteiger partial charge in [0, 0.05) is 6.42 Å². The van der Waals surface area contributed by atoms with Crippen LogP contribution in [0.4, 0.5) is 5.13 Å². The van der Waals surface area contributed by atoms with Crippen molar-refractivity contribution in [1.29, 1.82) is 0 Å². The van der Waals surface area contributed by atoms with Gasteiger partial charge in [0.15, 0.2) is 5.01 Å². The number of benzene rings is 1. The van der Waals surface area contributed by atoms with E-state index in [1.54, 1.807) is 0 Å². The first-order chi connectivity index (χ1) is 12.4. The van der Waals surface area contributed by atoms with Crippen molar-refractivity contribution in [3.8, 4) is 5.75 Å². The van der Waals surface area contributed by atoms with Crippen molar-refractivity contribution in [2.24, 2.45) is 0 Å². The van der Waals surface area contributed by atoms with Crippen LogP contribution in [0.1, 0.15) is 70.4 Å². The fourth-order valence-electron chi connectivity index (χ4n) is 2.45. The van der Waals surface area contributed by atoms with E-state index in [1.165, 1.54) is 29.7 Å². The number of carbonyl (C=O) groups excluding carboxylic acids is 1. The van der Waals surface area contributed by atoms with Crippen LogP contribution >= 0.6 is 11.3 Å². The highest BCUT2D eigenvalue weighted by Gasteiger charge is 2.13. The van der Waals surface area contributed by atoms with E-state index in [0.717, 1.165) is 23.6 Å². The molecule has 0 saturated heterocycles. The van der Waals surface area contributed by atoms with Gasteiger partial charge in [-0.1, -0.05) is 70.4 Å². The second-order valence-electron chi connectivity index (χ2n) is 7.42. The van der Waals surface area contributed by atoms with Gasteiger partial charge in [0.05, 0.1) is 0 Å². The molecule has 0 fully saturated rings. The smallest absolute Gasteiger partial charge is 0.226 e. The van der Waals surface area contributed by atoms with Gasteiger partial charge in [-0.15, -0.1) is 10.2 Å². The second kappa shape index (κ2) is 9.67. The first kappa shape index (κ1) is 20.4. The Bertz CT molecular complexity index is 690. The summed E-state index contributed by atoms with van der Waals surface area (Å²) in [6.45, 7) is 9.06. The van der Waals surface area contributed by atoms with Crippen LogP contribution in [-0.4, -0.2) is 16.1 Å². The summed E-state index contributed by atoms with van der Waals surface area (Å²) in [4.78, 5) is 11.9. The van der Waals surface area contributed by atoms with E-state index in [2.05, 4.69) is 55.3 Å². The number of anilines is 1. The topological polar surface area (TPSA) is 64.1 Å². The van der Waals surface area contributed by atoms with E-state index in [4.69, 9.17) is 4.74 Å². The second-order valence-corrected chi connectivity index (χ2v) is 8.48. The summed E-state index contributed by atoms with van der Waals surface area (Å²) >= 11 is 1.35. The van der Waals surface area contributed by atoms with E-state index in [1.807, 2.05) is 12.1 Å². The van der Waals surface area contributed by atoms with Crippen LogP contribution in [0.3, 0.4) is 0 Å². The predicted molar refractivity (Wildman–Crippen MR) is 107 cm³/mol. The number of unbranched alkanes of at least 4 members (excludes halogenated alkanes) is 3. The molecule has 1 aromatic heterocycles. The molecule has 1 aromatic carbocycles. The van der Waals surface area contributed by atoms with Crippen LogP contribution in [-0.2, 0) is 16.8 Å². The number of rotatable bonds is 9.